The van der Waals surface area contributed by atoms with Gasteiger partial charge < -0.3 is 15.8 Å². The number of Topliss-reactive ketones (excluding diaryl/α,β-unsaturated/α-hetero) is 1. The highest BCUT2D eigenvalue weighted by Gasteiger charge is 2.14. The van der Waals surface area contributed by atoms with Crippen LogP contribution < -0.4 is 11.1 Å². The monoisotopic (exact) mass is 188 g/mol. The molecule has 0 bridgehead atoms. The Kier molecular flexibility index (Phi) is 6.76. The number of ketones is 1. The molecule has 0 aromatic heterocycles. The summed E-state index contributed by atoms with van der Waals surface area (Å²) in [5.74, 6) is 0.103. The Bertz CT molecular complexity index is 149. The molecule has 0 saturated carbocycles. The highest BCUT2D eigenvalue weighted by molar-refractivity contribution is 5.81. The van der Waals surface area contributed by atoms with Crippen molar-refractivity contribution >= 4 is 5.78 Å². The number of nitrogens with one attached hydrogen (secondary N) is 1. The van der Waals surface area contributed by atoms with Gasteiger partial charge in [0.05, 0.1) is 19.3 Å². The van der Waals surface area contributed by atoms with Crippen LogP contribution in [0.2, 0.25) is 0 Å². The lowest BCUT2D eigenvalue weighted by molar-refractivity contribution is -0.120. The van der Waals surface area contributed by atoms with Crippen LogP contribution in [0.3, 0.4) is 0 Å². The summed E-state index contributed by atoms with van der Waals surface area (Å²) in [5, 5.41) is 3.12. The maximum absolute atomic E-state index is 11.1. The molecular weight excluding hydrogens is 168 g/mol. The Morgan fingerprint density at radius 2 is 2.15 bits per heavy atom. The highest BCUT2D eigenvalue weighted by Crippen LogP contribution is 1.91. The van der Waals surface area contributed by atoms with Crippen molar-refractivity contribution in [1.29, 1.82) is 0 Å². The van der Waals surface area contributed by atoms with Crippen molar-refractivity contribution in [3.05, 3.63) is 0 Å². The molecule has 0 aliphatic rings. The minimum absolute atomic E-state index is 0.103. The van der Waals surface area contributed by atoms with Crippen molar-refractivity contribution in [2.24, 2.45) is 5.73 Å². The van der Waals surface area contributed by atoms with E-state index in [2.05, 4.69) is 5.32 Å². The van der Waals surface area contributed by atoms with Crippen molar-refractivity contribution in [2.75, 3.05) is 19.8 Å². The van der Waals surface area contributed by atoms with Gasteiger partial charge in [0.25, 0.3) is 0 Å². The predicted octanol–water partition coefficient (Wildman–Crippen LogP) is -0.0827. The highest BCUT2D eigenvalue weighted by atomic mass is 16.5. The predicted molar refractivity (Wildman–Crippen MR) is 52.6 cm³/mol. The Morgan fingerprint density at radius 3 is 2.54 bits per heavy atom. The van der Waals surface area contributed by atoms with Gasteiger partial charge in [-0.25, -0.2) is 0 Å². The molecule has 0 heterocycles. The standard InChI is InChI=1S/C9H20N2O2/c1-7(2)11-9(8(3)12)6-13-5-4-10/h7,9,11H,4-6,10H2,1-3H3. The van der Waals surface area contributed by atoms with E-state index in [1.807, 2.05) is 13.8 Å². The van der Waals surface area contributed by atoms with E-state index in [0.717, 1.165) is 0 Å². The van der Waals surface area contributed by atoms with Gasteiger partial charge in [-0.05, 0) is 6.92 Å². The Labute approximate surface area is 79.8 Å². The van der Waals surface area contributed by atoms with Crippen molar-refractivity contribution < 1.29 is 9.53 Å². The van der Waals surface area contributed by atoms with Crippen molar-refractivity contribution in [1.82, 2.24) is 5.32 Å². The van der Waals surface area contributed by atoms with E-state index in [4.69, 9.17) is 10.5 Å². The van der Waals surface area contributed by atoms with Crippen LogP contribution in [-0.2, 0) is 9.53 Å². The van der Waals surface area contributed by atoms with Crippen LogP contribution in [0.5, 0.6) is 0 Å². The second-order valence-electron chi connectivity index (χ2n) is 3.35. The molecule has 0 aliphatic carbocycles. The van der Waals surface area contributed by atoms with Crippen LogP contribution in [-0.4, -0.2) is 37.6 Å². The third kappa shape index (κ3) is 6.69. The molecule has 0 saturated heterocycles. The number of nitrogens with two attached hydrogens (primary N) is 1. The van der Waals surface area contributed by atoms with Gasteiger partial charge in [-0.1, -0.05) is 13.8 Å². The van der Waals surface area contributed by atoms with Crippen LogP contribution in [0.4, 0.5) is 0 Å². The lowest BCUT2D eigenvalue weighted by atomic mass is 10.2. The first kappa shape index (κ1) is 12.6. The number of ether oxygens (including phenoxy) is 1. The fourth-order valence-electron chi connectivity index (χ4n) is 0.970. The zero-order valence-electron chi connectivity index (χ0n) is 8.67. The first-order valence-corrected chi connectivity index (χ1v) is 4.62. The minimum Gasteiger partial charge on any atom is -0.378 e. The van der Waals surface area contributed by atoms with Gasteiger partial charge >= 0.3 is 0 Å². The van der Waals surface area contributed by atoms with Gasteiger partial charge in [-0.2, -0.15) is 0 Å². The average molecular weight is 188 g/mol. The normalized spacial score (nSPS) is 13.3. The van der Waals surface area contributed by atoms with Crippen LogP contribution in [0.25, 0.3) is 0 Å². The zero-order chi connectivity index (χ0) is 10.3. The van der Waals surface area contributed by atoms with E-state index < -0.39 is 0 Å². The fraction of sp³-hybridized carbons (Fsp3) is 0.889. The van der Waals surface area contributed by atoms with Gasteiger partial charge in [0.15, 0.2) is 0 Å². The second kappa shape index (κ2) is 7.00. The number of hydrogen-bond acceptors (Lipinski definition) is 4. The lowest BCUT2D eigenvalue weighted by Gasteiger charge is -2.18. The number of carbonyl (C=O) groups is 1. The summed E-state index contributed by atoms with van der Waals surface area (Å²) in [6, 6.07) is 0.0851. The molecule has 0 amide bonds. The molecular formula is C9H20N2O2. The molecule has 4 heteroatoms. The molecule has 4 nitrogen and oxygen atoms in total. The smallest absolute Gasteiger partial charge is 0.149 e. The molecule has 3 N–H and O–H groups in total. The van der Waals surface area contributed by atoms with Crippen molar-refractivity contribution in [3.63, 3.8) is 0 Å². The molecule has 0 rings (SSSR count). The van der Waals surface area contributed by atoms with E-state index >= 15 is 0 Å². The largest absolute Gasteiger partial charge is 0.378 e. The Hall–Kier alpha value is -0.450. The van der Waals surface area contributed by atoms with Crippen molar-refractivity contribution in [3.8, 4) is 0 Å². The number of carbonyl (C=O) groups excluding carboxylic acids is 1. The van der Waals surface area contributed by atoms with Gasteiger partial charge in [0, 0.05) is 12.6 Å². The van der Waals surface area contributed by atoms with Crippen LogP contribution in [0.1, 0.15) is 20.8 Å². The molecule has 0 aromatic rings. The zero-order valence-corrected chi connectivity index (χ0v) is 8.67. The summed E-state index contributed by atoms with van der Waals surface area (Å²) in [6.07, 6.45) is 0. The summed E-state index contributed by atoms with van der Waals surface area (Å²) in [7, 11) is 0. The fourth-order valence-corrected chi connectivity index (χ4v) is 0.970. The molecule has 13 heavy (non-hydrogen) atoms. The molecule has 1 atom stereocenters. The van der Waals surface area contributed by atoms with E-state index in [1.54, 1.807) is 6.92 Å². The summed E-state index contributed by atoms with van der Waals surface area (Å²) >= 11 is 0. The topological polar surface area (TPSA) is 64.3 Å². The third-order valence-corrected chi connectivity index (χ3v) is 1.57. The average Bonchev–Trinajstić information content (AvgIpc) is 2.02. The van der Waals surface area contributed by atoms with E-state index in [9.17, 15) is 4.79 Å². The van der Waals surface area contributed by atoms with E-state index in [1.165, 1.54) is 0 Å². The molecule has 78 valence electrons. The van der Waals surface area contributed by atoms with Gasteiger partial charge in [0.2, 0.25) is 0 Å². The number of rotatable bonds is 7. The summed E-state index contributed by atoms with van der Waals surface area (Å²) in [4.78, 5) is 11.1. The van der Waals surface area contributed by atoms with E-state index in [-0.39, 0.29) is 17.9 Å². The van der Waals surface area contributed by atoms with Gasteiger partial charge in [-0.15, -0.1) is 0 Å². The molecule has 1 unspecified atom stereocenters. The first-order chi connectivity index (χ1) is 6.07. The Balaban J connectivity index is 3.74. The molecule has 0 fully saturated rings. The molecule has 0 aliphatic heterocycles. The van der Waals surface area contributed by atoms with Gasteiger partial charge in [-0.3, -0.25) is 4.79 Å². The molecule has 0 aromatic carbocycles. The SMILES string of the molecule is CC(=O)C(COCCN)NC(C)C. The minimum atomic E-state index is -0.202. The maximum Gasteiger partial charge on any atom is 0.149 e. The van der Waals surface area contributed by atoms with Gasteiger partial charge in [0.1, 0.15) is 5.78 Å². The van der Waals surface area contributed by atoms with E-state index in [0.29, 0.717) is 19.8 Å². The second-order valence-corrected chi connectivity index (χ2v) is 3.35. The molecule has 0 spiro atoms. The van der Waals surface area contributed by atoms with Crippen molar-refractivity contribution in [2.45, 2.75) is 32.9 Å². The quantitative estimate of drug-likeness (QED) is 0.548. The van der Waals surface area contributed by atoms with Crippen LogP contribution in [0.15, 0.2) is 0 Å². The summed E-state index contributed by atoms with van der Waals surface area (Å²) < 4.78 is 5.20. The lowest BCUT2D eigenvalue weighted by Crippen LogP contribution is -2.43. The molecule has 0 radical (unpaired) electrons. The van der Waals surface area contributed by atoms with Crippen LogP contribution in [0, 0.1) is 0 Å². The first-order valence-electron chi connectivity index (χ1n) is 4.62. The third-order valence-electron chi connectivity index (χ3n) is 1.57. The summed E-state index contributed by atoms with van der Waals surface area (Å²) in [5.41, 5.74) is 5.26. The summed E-state index contributed by atoms with van der Waals surface area (Å²) in [6.45, 7) is 6.96. The van der Waals surface area contributed by atoms with Crippen LogP contribution >= 0.6 is 0 Å². The Morgan fingerprint density at radius 1 is 1.54 bits per heavy atom. The maximum atomic E-state index is 11.1. The number of hydrogen-bond donors (Lipinski definition) is 2.